The molecular formula is C116H71N7O2. The second kappa shape index (κ2) is 28.5. The summed E-state index contributed by atoms with van der Waals surface area (Å²) in [6.45, 7) is 0. The summed E-state index contributed by atoms with van der Waals surface area (Å²) in [7, 11) is 0. The zero-order valence-corrected chi connectivity index (χ0v) is 67.4. The fraction of sp³-hybridized carbons (Fsp3) is 0.0172. The van der Waals surface area contributed by atoms with Crippen LogP contribution in [-0.2, 0) is 10.8 Å². The van der Waals surface area contributed by atoms with E-state index in [9.17, 15) is 0 Å². The third kappa shape index (κ3) is 11.1. The molecule has 4 aliphatic rings. The number of hydrogen-bond donors (Lipinski definition) is 0. The molecule has 9 heteroatoms. The molecule has 0 radical (unpaired) electrons. The molecule has 582 valence electrons. The molecular weight excluding hydrogens is 1520 g/mol. The van der Waals surface area contributed by atoms with Crippen molar-refractivity contribution in [1.82, 2.24) is 34.5 Å². The van der Waals surface area contributed by atoms with Gasteiger partial charge in [-0.05, 0) is 175 Å². The predicted molar refractivity (Wildman–Crippen MR) is 505 cm³/mol. The van der Waals surface area contributed by atoms with Gasteiger partial charge >= 0.3 is 0 Å². The van der Waals surface area contributed by atoms with Crippen molar-refractivity contribution in [2.24, 2.45) is 0 Å². The summed E-state index contributed by atoms with van der Waals surface area (Å²) in [5.41, 5.74) is 33.3. The van der Waals surface area contributed by atoms with Crippen LogP contribution in [0.3, 0.4) is 0 Å². The van der Waals surface area contributed by atoms with Gasteiger partial charge in [0.15, 0.2) is 0 Å². The fourth-order valence-electron chi connectivity index (χ4n) is 20.5. The number of aromatic nitrogens is 7. The summed E-state index contributed by atoms with van der Waals surface area (Å²) < 4.78 is 16.8. The van der Waals surface area contributed by atoms with Gasteiger partial charge in [-0.25, -0.2) is 19.9 Å². The molecule has 0 saturated carbocycles. The van der Waals surface area contributed by atoms with E-state index in [4.69, 9.17) is 29.4 Å². The minimum absolute atomic E-state index is 0.572. The van der Waals surface area contributed by atoms with Crippen molar-refractivity contribution in [3.8, 4) is 141 Å². The van der Waals surface area contributed by atoms with Crippen LogP contribution in [0, 0.1) is 0 Å². The first-order valence-electron chi connectivity index (χ1n) is 42.4. The minimum atomic E-state index is -0.582. The van der Waals surface area contributed by atoms with E-state index in [0.29, 0.717) is 0 Å². The lowest BCUT2D eigenvalue weighted by atomic mass is 9.65. The van der Waals surface area contributed by atoms with Gasteiger partial charge in [0.2, 0.25) is 0 Å². The minimum Gasteiger partial charge on any atom is -0.456 e. The van der Waals surface area contributed by atoms with E-state index in [-0.39, 0.29) is 0 Å². The number of nitrogens with zero attached hydrogens (tertiary/aromatic N) is 7. The van der Waals surface area contributed by atoms with Crippen LogP contribution >= 0.6 is 0 Å². The lowest BCUT2D eigenvalue weighted by molar-refractivity contribution is 0.442. The van der Waals surface area contributed by atoms with Gasteiger partial charge in [0.05, 0.1) is 67.1 Å². The molecule has 16 aromatic carbocycles. The number of rotatable bonds is 9. The zero-order valence-electron chi connectivity index (χ0n) is 67.4. The molecule has 26 rings (SSSR count). The average molecular weight is 1590 g/mol. The van der Waals surface area contributed by atoms with Crippen molar-refractivity contribution in [3.63, 3.8) is 0 Å². The first kappa shape index (κ1) is 71.3. The second-order valence-electron chi connectivity index (χ2n) is 32.5. The molecule has 22 aromatic rings. The van der Waals surface area contributed by atoms with E-state index in [2.05, 4.69) is 385 Å². The Morgan fingerprint density at radius 3 is 1.05 bits per heavy atom. The maximum absolute atomic E-state index is 7.26. The molecule has 0 N–H and O–H groups in total. The Morgan fingerprint density at radius 2 is 0.600 bits per heavy atom. The molecule has 0 fully saturated rings. The number of imidazole rings is 1. The van der Waals surface area contributed by atoms with E-state index < -0.39 is 10.8 Å². The molecule has 6 aromatic heterocycles. The maximum atomic E-state index is 7.26. The molecule has 2 spiro atoms. The van der Waals surface area contributed by atoms with Crippen LogP contribution in [0.4, 0.5) is 0 Å². The van der Waals surface area contributed by atoms with Crippen LogP contribution in [0.5, 0.6) is 23.0 Å². The molecule has 2 aliphatic carbocycles. The first-order chi connectivity index (χ1) is 62.0. The Hall–Kier alpha value is -16.6. The number of fused-ring (bicyclic) bond motifs is 27. The van der Waals surface area contributed by atoms with Gasteiger partial charge in [0.1, 0.15) is 28.8 Å². The highest BCUT2D eigenvalue weighted by molar-refractivity contribution is 6.18. The molecule has 0 unspecified atom stereocenters. The van der Waals surface area contributed by atoms with E-state index in [1.807, 2.05) is 48.5 Å². The van der Waals surface area contributed by atoms with Crippen LogP contribution in [0.25, 0.3) is 172 Å². The number of para-hydroxylation sites is 5. The second-order valence-corrected chi connectivity index (χ2v) is 32.5. The van der Waals surface area contributed by atoms with Crippen molar-refractivity contribution < 1.29 is 9.47 Å². The van der Waals surface area contributed by atoms with Crippen molar-refractivity contribution in [1.29, 1.82) is 0 Å². The lowest BCUT2D eigenvalue weighted by Crippen LogP contribution is -2.32. The number of pyridine rings is 5. The van der Waals surface area contributed by atoms with Crippen LogP contribution < -0.4 is 9.47 Å². The smallest absolute Gasteiger partial charge is 0.145 e. The quantitative estimate of drug-likeness (QED) is 0.132. The Kier molecular flexibility index (Phi) is 16.3. The van der Waals surface area contributed by atoms with Gasteiger partial charge in [-0.2, -0.15) is 0 Å². The third-order valence-corrected chi connectivity index (χ3v) is 25.9. The van der Waals surface area contributed by atoms with E-state index >= 15 is 0 Å². The summed E-state index contributed by atoms with van der Waals surface area (Å²) in [5.74, 6) is 4.38. The average Bonchev–Trinajstić information content (AvgIpc) is 1.57. The molecule has 0 bridgehead atoms. The fourth-order valence-corrected chi connectivity index (χ4v) is 20.5. The van der Waals surface area contributed by atoms with E-state index in [1.54, 1.807) is 12.4 Å². The van der Waals surface area contributed by atoms with Crippen molar-refractivity contribution in [3.05, 3.63) is 475 Å². The summed E-state index contributed by atoms with van der Waals surface area (Å²) in [6.07, 6.45) is 3.60. The lowest BCUT2D eigenvalue weighted by Gasteiger charge is -2.40. The van der Waals surface area contributed by atoms with Crippen molar-refractivity contribution in [2.45, 2.75) is 10.8 Å². The Bertz CT molecular complexity index is 7990. The van der Waals surface area contributed by atoms with E-state index in [1.165, 1.54) is 44.5 Å². The van der Waals surface area contributed by atoms with Crippen molar-refractivity contribution in [2.75, 3.05) is 0 Å². The van der Waals surface area contributed by atoms with Gasteiger partial charge in [-0.3, -0.25) is 14.5 Å². The summed E-state index contributed by atoms with van der Waals surface area (Å²) in [6, 6.07) is 149. The standard InChI is InChI=1S/C59H36N4O.C57H35N3O/c1-2-14-39(15-3-1)57-44-29-30-49-58(64-55-23-9-8-20-48(55)59(49)46-18-6-4-16-42(46)43-17-5-7-19-47(43)59)56(44)45-34-40(28-31-50(45)63-57)37-24-26-38(27-25-37)41-35-53(51-21-10-12-32-60-51)62-54(36-41)52-22-11-13-33-61-52;1-3-15-37(16-4-1)54-43-32-33-48-55(61-52-26-14-11-23-47(52)57(48)45-21-9-7-19-41(45)42-20-8-10-22-46(42)57)53(43)44-35-39(31-34-49(44)58-54)36-27-29-38(30-28-36)56-59-50-24-12-13-25-51(50)60(56)40-17-5-2-6-18-40/h1-36H;1-35H. The molecule has 0 amide bonds. The summed E-state index contributed by atoms with van der Waals surface area (Å²) in [5, 5.41) is 6.30. The summed E-state index contributed by atoms with van der Waals surface area (Å²) in [4.78, 5) is 30.2. The van der Waals surface area contributed by atoms with E-state index in [0.717, 1.165) is 195 Å². The van der Waals surface area contributed by atoms with Crippen LogP contribution in [-0.4, -0.2) is 34.5 Å². The SMILES string of the molecule is c1ccc(-c2nc3ccc(-c4ccc(-c5cc(-c6ccccn6)nc(-c6ccccn6)c5)cc4)cc3c3c4c(ccc23)C2(c3ccccc3O4)c3ccccc3-c3ccccc32)cc1.c1ccc(-c2nc3ccc(-c4ccc(-c5nc6ccccc6n5-c5ccccc5)cc4)cc3c3c4c(ccc23)C2(c3ccccc3O4)c3ccccc3-c3ccccc32)cc1. The highest BCUT2D eigenvalue weighted by Gasteiger charge is 2.53. The Morgan fingerprint density at radius 1 is 0.224 bits per heavy atom. The largest absolute Gasteiger partial charge is 0.456 e. The van der Waals surface area contributed by atoms with Crippen LogP contribution in [0.2, 0.25) is 0 Å². The number of ether oxygens (including phenoxy) is 2. The predicted octanol–water partition coefficient (Wildman–Crippen LogP) is 28.6. The van der Waals surface area contributed by atoms with Gasteiger partial charge < -0.3 is 9.47 Å². The number of benzene rings is 16. The van der Waals surface area contributed by atoms with Gasteiger partial charge in [-0.1, -0.05) is 322 Å². The Labute approximate surface area is 720 Å². The van der Waals surface area contributed by atoms with Gasteiger partial charge in [-0.15, -0.1) is 0 Å². The highest BCUT2D eigenvalue weighted by Crippen LogP contribution is 2.66. The molecule has 0 atom stereocenters. The highest BCUT2D eigenvalue weighted by atomic mass is 16.5. The van der Waals surface area contributed by atoms with Crippen LogP contribution in [0.15, 0.2) is 431 Å². The molecule has 125 heavy (non-hydrogen) atoms. The van der Waals surface area contributed by atoms with Crippen LogP contribution in [0.1, 0.15) is 44.5 Å². The van der Waals surface area contributed by atoms with Gasteiger partial charge in [0.25, 0.3) is 0 Å². The summed E-state index contributed by atoms with van der Waals surface area (Å²) >= 11 is 0. The first-order valence-corrected chi connectivity index (χ1v) is 42.4. The maximum Gasteiger partial charge on any atom is 0.145 e. The number of hydrogen-bond acceptors (Lipinski definition) is 8. The molecule has 2 aliphatic heterocycles. The molecule has 0 saturated heterocycles. The molecule has 8 heterocycles. The third-order valence-electron chi connectivity index (χ3n) is 25.9. The van der Waals surface area contributed by atoms with Gasteiger partial charge in [0, 0.05) is 89.3 Å². The zero-order chi connectivity index (χ0) is 82.3. The topological polar surface area (TPSA) is 101 Å². The molecule has 9 nitrogen and oxygen atoms in total. The van der Waals surface area contributed by atoms with Crippen molar-refractivity contribution >= 4 is 54.4 Å². The normalized spacial score (nSPS) is 13.1. The Balaban J connectivity index is 0.000000137. The monoisotopic (exact) mass is 1590 g/mol.